The Balaban J connectivity index is 2.12. The maximum Gasteiger partial charge on any atom is 0.407 e. The van der Waals surface area contributed by atoms with Crippen molar-refractivity contribution in [3.63, 3.8) is 0 Å². The first-order valence-electron chi connectivity index (χ1n) is 17.8. The summed E-state index contributed by atoms with van der Waals surface area (Å²) >= 11 is 0. The molecule has 2 aliphatic rings. The van der Waals surface area contributed by atoms with E-state index in [2.05, 4.69) is 21.3 Å². The van der Waals surface area contributed by atoms with Crippen molar-refractivity contribution >= 4 is 47.4 Å². The largest absolute Gasteiger partial charge is 0.480 e. The van der Waals surface area contributed by atoms with Crippen molar-refractivity contribution in [2.45, 2.75) is 123 Å². The zero-order valence-electron chi connectivity index (χ0n) is 30.4. The van der Waals surface area contributed by atoms with Gasteiger partial charge >= 0.3 is 12.1 Å². The molecule has 5 atom stereocenters. The van der Waals surface area contributed by atoms with Crippen LogP contribution in [0.3, 0.4) is 0 Å². The van der Waals surface area contributed by atoms with Crippen molar-refractivity contribution in [2.75, 3.05) is 26.3 Å². The highest BCUT2D eigenvalue weighted by atomic mass is 16.5. The van der Waals surface area contributed by atoms with Gasteiger partial charge in [0.25, 0.3) is 5.91 Å². The minimum Gasteiger partial charge on any atom is -0.480 e. The number of carbonyl (C=O) groups is 8. The highest BCUT2D eigenvalue weighted by Crippen LogP contribution is 2.27. The van der Waals surface area contributed by atoms with Gasteiger partial charge in [-0.05, 0) is 30.6 Å². The zero-order valence-corrected chi connectivity index (χ0v) is 30.4. The summed E-state index contributed by atoms with van der Waals surface area (Å²) in [6, 6.07) is -4.59. The monoisotopic (exact) mass is 724 g/mol. The fraction of sp³-hybridized carbons (Fsp3) is 0.765. The van der Waals surface area contributed by atoms with Crippen LogP contribution in [0.4, 0.5) is 4.79 Å². The molecule has 6 amide bonds. The molecule has 0 aromatic carbocycles. The van der Waals surface area contributed by atoms with Gasteiger partial charge < -0.3 is 46.5 Å². The lowest BCUT2D eigenvalue weighted by Crippen LogP contribution is -2.57. The summed E-state index contributed by atoms with van der Waals surface area (Å²) in [5.41, 5.74) is 5.50. The summed E-state index contributed by atoms with van der Waals surface area (Å²) in [7, 11) is 0. The van der Waals surface area contributed by atoms with Crippen molar-refractivity contribution in [2.24, 2.45) is 23.5 Å². The average molecular weight is 725 g/mol. The molecule has 51 heavy (non-hydrogen) atoms. The number of likely N-dealkylation sites (tertiary alicyclic amines) is 1. The molecule has 0 aromatic heterocycles. The molecular weight excluding hydrogens is 668 g/mol. The number of amides is 6. The van der Waals surface area contributed by atoms with E-state index in [9.17, 15) is 38.4 Å². The first kappa shape index (κ1) is 42.9. The second kappa shape index (κ2) is 21.2. The van der Waals surface area contributed by atoms with Gasteiger partial charge in [0.2, 0.25) is 29.4 Å². The van der Waals surface area contributed by atoms with Crippen LogP contribution in [0.5, 0.6) is 0 Å². The zero-order chi connectivity index (χ0) is 38.2. The number of carboxylic acid groups (broad SMARTS) is 1. The van der Waals surface area contributed by atoms with E-state index in [0.29, 0.717) is 12.8 Å². The molecule has 0 bridgehead atoms. The fourth-order valence-electron chi connectivity index (χ4n) is 6.18. The van der Waals surface area contributed by atoms with E-state index in [0.717, 1.165) is 37.0 Å². The maximum atomic E-state index is 13.8. The number of hydrogen-bond acceptors (Lipinski definition) is 10. The standard InChI is InChI=1S/C34H56N6O11/c1-6-10-23(29(44)32(47)36-15-26(41)37-24(30(35)45)13-21-11-8-7-9-12-21)38-31(46)25-14-22(50-18-27(42)43)16-40(25)33(48)28(20(4)5)39-34(49)51-17-19(2)3/h19-25,28H,6-18H2,1-5H3,(H2,35,45)(H,36,47)(H,37,41)(H,38,46)(H,39,49)(H,42,43)/t22-,23?,24?,25+,28?/m1/s1. The van der Waals surface area contributed by atoms with Crippen molar-refractivity contribution in [1.82, 2.24) is 26.2 Å². The van der Waals surface area contributed by atoms with Gasteiger partial charge in [0.1, 0.15) is 24.7 Å². The number of primary amides is 1. The molecule has 3 unspecified atom stereocenters. The fourth-order valence-corrected chi connectivity index (χ4v) is 6.18. The highest BCUT2D eigenvalue weighted by Gasteiger charge is 2.44. The SMILES string of the molecule is CCCC(NC(=O)[C@@H]1C[C@@H](OCC(=O)O)CN1C(=O)C(NC(=O)OCC(C)C)C(C)C)C(=O)C(=O)NCC(=O)NC(CC1CCCCC1)C(N)=O. The number of nitrogens with two attached hydrogens (primary N) is 1. The third-order valence-electron chi connectivity index (χ3n) is 8.86. The number of carboxylic acids is 1. The van der Waals surface area contributed by atoms with E-state index in [-0.39, 0.29) is 37.8 Å². The van der Waals surface area contributed by atoms with Crippen molar-refractivity contribution in [1.29, 1.82) is 0 Å². The van der Waals surface area contributed by atoms with Gasteiger partial charge in [-0.1, -0.05) is 73.1 Å². The van der Waals surface area contributed by atoms with Crippen LogP contribution in [0.2, 0.25) is 0 Å². The Bertz CT molecular complexity index is 1250. The molecular formula is C34H56N6O11. The molecule has 0 aromatic rings. The van der Waals surface area contributed by atoms with Gasteiger partial charge in [0, 0.05) is 13.0 Å². The summed E-state index contributed by atoms with van der Waals surface area (Å²) in [6.07, 6.45) is 4.08. The molecule has 7 N–H and O–H groups in total. The molecule has 0 radical (unpaired) electrons. The van der Waals surface area contributed by atoms with Gasteiger partial charge in [-0.25, -0.2) is 9.59 Å². The van der Waals surface area contributed by atoms with Gasteiger partial charge in [-0.3, -0.25) is 28.8 Å². The molecule has 1 saturated heterocycles. The predicted octanol–water partition coefficient (Wildman–Crippen LogP) is 0.375. The predicted molar refractivity (Wildman–Crippen MR) is 183 cm³/mol. The maximum absolute atomic E-state index is 13.8. The van der Waals surface area contributed by atoms with Crippen LogP contribution in [0.25, 0.3) is 0 Å². The summed E-state index contributed by atoms with van der Waals surface area (Å²) in [6.45, 7) is 7.45. The number of aliphatic carboxylic acids is 1. The van der Waals surface area contributed by atoms with Crippen LogP contribution >= 0.6 is 0 Å². The Morgan fingerprint density at radius 2 is 1.59 bits per heavy atom. The quantitative estimate of drug-likeness (QED) is 0.0936. The molecule has 1 heterocycles. The first-order chi connectivity index (χ1) is 24.0. The van der Waals surface area contributed by atoms with Crippen LogP contribution in [0.15, 0.2) is 0 Å². The van der Waals surface area contributed by atoms with Gasteiger partial charge in [-0.2, -0.15) is 0 Å². The second-order valence-corrected chi connectivity index (χ2v) is 14.1. The van der Waals surface area contributed by atoms with Crippen LogP contribution in [-0.4, -0.2) is 114 Å². The number of nitrogens with zero attached hydrogens (tertiary/aromatic N) is 1. The van der Waals surface area contributed by atoms with E-state index in [4.69, 9.17) is 20.3 Å². The molecule has 1 aliphatic heterocycles. The Kier molecular flexibility index (Phi) is 17.8. The topological polar surface area (TPSA) is 253 Å². The second-order valence-electron chi connectivity index (χ2n) is 14.1. The number of Topliss-reactive ketones (excluding diaryl/α,β-unsaturated/α-hetero) is 1. The average Bonchev–Trinajstić information content (AvgIpc) is 3.51. The summed E-state index contributed by atoms with van der Waals surface area (Å²) in [4.78, 5) is 103. The van der Waals surface area contributed by atoms with Crippen LogP contribution in [0.1, 0.15) is 92.4 Å². The molecule has 288 valence electrons. The van der Waals surface area contributed by atoms with E-state index in [1.54, 1.807) is 20.8 Å². The lowest BCUT2D eigenvalue weighted by atomic mass is 9.84. The molecule has 1 aliphatic carbocycles. The normalized spacial score (nSPS) is 19.5. The van der Waals surface area contributed by atoms with Gasteiger partial charge in [-0.15, -0.1) is 0 Å². The highest BCUT2D eigenvalue weighted by molar-refractivity contribution is 6.38. The minimum atomic E-state index is -1.32. The summed E-state index contributed by atoms with van der Waals surface area (Å²) in [5.74, 6) is -6.41. The van der Waals surface area contributed by atoms with Crippen molar-refractivity contribution in [3.05, 3.63) is 0 Å². The number of nitrogens with one attached hydrogen (secondary N) is 4. The van der Waals surface area contributed by atoms with E-state index in [1.807, 2.05) is 13.8 Å². The molecule has 0 spiro atoms. The third-order valence-corrected chi connectivity index (χ3v) is 8.86. The summed E-state index contributed by atoms with van der Waals surface area (Å²) < 4.78 is 10.6. The van der Waals surface area contributed by atoms with Gasteiger partial charge in [0.05, 0.1) is 25.3 Å². The third kappa shape index (κ3) is 14.5. The molecule has 17 heteroatoms. The number of hydrogen-bond donors (Lipinski definition) is 6. The number of alkyl carbamates (subject to hydrolysis) is 1. The van der Waals surface area contributed by atoms with Crippen LogP contribution in [0, 0.1) is 17.8 Å². The number of carbonyl (C=O) groups excluding carboxylic acids is 7. The number of ketones is 1. The molecule has 2 fully saturated rings. The minimum absolute atomic E-state index is 0.0471. The molecule has 2 rings (SSSR count). The Labute approximate surface area is 298 Å². The van der Waals surface area contributed by atoms with Crippen molar-refractivity contribution < 1.29 is 52.9 Å². The van der Waals surface area contributed by atoms with E-state index in [1.165, 1.54) is 0 Å². The lowest BCUT2D eigenvalue weighted by Gasteiger charge is -2.31. The smallest absolute Gasteiger partial charge is 0.407 e. The van der Waals surface area contributed by atoms with E-state index < -0.39 is 96.7 Å². The van der Waals surface area contributed by atoms with Crippen LogP contribution in [-0.2, 0) is 43.0 Å². The number of rotatable bonds is 20. The van der Waals surface area contributed by atoms with Gasteiger partial charge in [0.15, 0.2) is 0 Å². The van der Waals surface area contributed by atoms with E-state index >= 15 is 0 Å². The Morgan fingerprint density at radius 1 is 0.922 bits per heavy atom. The molecule has 1 saturated carbocycles. The van der Waals surface area contributed by atoms with Crippen LogP contribution < -0.4 is 27.0 Å². The lowest BCUT2D eigenvalue weighted by molar-refractivity contribution is -0.144. The Hall–Kier alpha value is -4.28. The Morgan fingerprint density at radius 3 is 2.16 bits per heavy atom. The van der Waals surface area contributed by atoms with Crippen molar-refractivity contribution in [3.8, 4) is 0 Å². The molecule has 17 nitrogen and oxygen atoms in total. The number of ether oxygens (including phenoxy) is 2. The first-order valence-corrected chi connectivity index (χ1v) is 17.8. The summed E-state index contributed by atoms with van der Waals surface area (Å²) in [5, 5.41) is 19.0.